The van der Waals surface area contributed by atoms with Crippen LogP contribution in [0.5, 0.6) is 0 Å². The topological polar surface area (TPSA) is 52.8 Å². The number of amides is 1. The van der Waals surface area contributed by atoms with Crippen molar-refractivity contribution in [3.8, 4) is 0 Å². The monoisotopic (exact) mass is 306 g/mol. The number of carbonyl (C=O) groups is 1. The zero-order valence-electron chi connectivity index (χ0n) is 14.0. The smallest absolute Gasteiger partial charge is 0.259 e. The predicted octanol–water partition coefficient (Wildman–Crippen LogP) is 1.14. The van der Waals surface area contributed by atoms with Crippen molar-refractivity contribution in [2.24, 2.45) is 0 Å². The Morgan fingerprint density at radius 2 is 1.82 bits per heavy atom. The Morgan fingerprint density at radius 3 is 2.32 bits per heavy atom. The van der Waals surface area contributed by atoms with Crippen LogP contribution in [0.15, 0.2) is 4.52 Å². The van der Waals surface area contributed by atoms with Gasteiger partial charge in [-0.3, -0.25) is 14.6 Å². The summed E-state index contributed by atoms with van der Waals surface area (Å²) in [5, 5.41) is 3.87. The molecule has 0 atom stereocenters. The van der Waals surface area contributed by atoms with Crippen LogP contribution >= 0.6 is 0 Å². The molecule has 1 amide bonds. The van der Waals surface area contributed by atoms with E-state index in [4.69, 9.17) is 4.52 Å². The zero-order valence-corrected chi connectivity index (χ0v) is 14.0. The molecular weight excluding hydrogens is 280 g/mol. The third-order valence-electron chi connectivity index (χ3n) is 4.99. The fourth-order valence-corrected chi connectivity index (χ4v) is 3.42. The molecule has 0 aromatic carbocycles. The van der Waals surface area contributed by atoms with Gasteiger partial charge in [0.15, 0.2) is 0 Å². The van der Waals surface area contributed by atoms with Crippen molar-refractivity contribution in [2.45, 2.75) is 39.8 Å². The second kappa shape index (κ2) is 6.01. The standard InChI is InChI=1S/C16H26N4O2/c1-11(2)18-5-7-19(8-6-18)14-9-20(10-14)16(21)15-12(3)17-22-13(15)4/h11,14H,5-10H2,1-4H3. The molecule has 2 aliphatic rings. The quantitative estimate of drug-likeness (QED) is 0.838. The number of hydrogen-bond acceptors (Lipinski definition) is 5. The molecule has 0 radical (unpaired) electrons. The van der Waals surface area contributed by atoms with Gasteiger partial charge >= 0.3 is 0 Å². The summed E-state index contributed by atoms with van der Waals surface area (Å²) in [6.45, 7) is 14.3. The summed E-state index contributed by atoms with van der Waals surface area (Å²) < 4.78 is 5.10. The summed E-state index contributed by atoms with van der Waals surface area (Å²) in [7, 11) is 0. The van der Waals surface area contributed by atoms with Crippen molar-refractivity contribution in [3.63, 3.8) is 0 Å². The third-order valence-corrected chi connectivity index (χ3v) is 4.99. The highest BCUT2D eigenvalue weighted by molar-refractivity contribution is 5.96. The molecule has 2 fully saturated rings. The van der Waals surface area contributed by atoms with Crippen LogP contribution in [0, 0.1) is 13.8 Å². The van der Waals surface area contributed by atoms with Crippen LogP contribution in [0.1, 0.15) is 35.7 Å². The molecule has 0 aliphatic carbocycles. The number of hydrogen-bond donors (Lipinski definition) is 0. The van der Waals surface area contributed by atoms with Crippen molar-refractivity contribution in [3.05, 3.63) is 17.0 Å². The van der Waals surface area contributed by atoms with E-state index in [1.165, 1.54) is 0 Å². The van der Waals surface area contributed by atoms with Gasteiger partial charge in [-0.2, -0.15) is 0 Å². The van der Waals surface area contributed by atoms with E-state index in [0.717, 1.165) is 39.3 Å². The summed E-state index contributed by atoms with van der Waals surface area (Å²) in [5.41, 5.74) is 1.33. The Balaban J connectivity index is 1.52. The highest BCUT2D eigenvalue weighted by Gasteiger charge is 2.38. The lowest BCUT2D eigenvalue weighted by Gasteiger charge is -2.48. The fourth-order valence-electron chi connectivity index (χ4n) is 3.42. The lowest BCUT2D eigenvalue weighted by atomic mass is 10.0. The number of piperazine rings is 1. The first-order chi connectivity index (χ1) is 10.5. The van der Waals surface area contributed by atoms with Gasteiger partial charge in [-0.1, -0.05) is 5.16 Å². The van der Waals surface area contributed by atoms with Crippen molar-refractivity contribution in [1.29, 1.82) is 0 Å². The van der Waals surface area contributed by atoms with Crippen molar-refractivity contribution >= 4 is 5.91 Å². The molecular formula is C16H26N4O2. The molecule has 2 saturated heterocycles. The lowest BCUT2D eigenvalue weighted by molar-refractivity contribution is 0.00306. The third kappa shape index (κ3) is 2.77. The SMILES string of the molecule is Cc1noc(C)c1C(=O)N1CC(N2CCN(C(C)C)CC2)C1. The van der Waals surface area contributed by atoms with E-state index in [9.17, 15) is 4.79 Å². The Hall–Kier alpha value is -1.40. The Labute approximate surface area is 132 Å². The second-order valence-corrected chi connectivity index (χ2v) is 6.73. The second-order valence-electron chi connectivity index (χ2n) is 6.73. The van der Waals surface area contributed by atoms with Gasteiger partial charge < -0.3 is 9.42 Å². The van der Waals surface area contributed by atoms with E-state index in [1.54, 1.807) is 6.92 Å². The average molecular weight is 306 g/mol. The van der Waals surface area contributed by atoms with E-state index in [0.29, 0.717) is 29.1 Å². The van der Waals surface area contributed by atoms with Gasteiger partial charge in [-0.15, -0.1) is 0 Å². The molecule has 3 heterocycles. The zero-order chi connectivity index (χ0) is 15.9. The number of likely N-dealkylation sites (tertiary alicyclic amines) is 1. The largest absolute Gasteiger partial charge is 0.361 e. The summed E-state index contributed by atoms with van der Waals surface area (Å²) in [4.78, 5) is 19.4. The van der Waals surface area contributed by atoms with Crippen LogP contribution in [0.3, 0.4) is 0 Å². The lowest BCUT2D eigenvalue weighted by Crippen LogP contribution is -2.64. The minimum Gasteiger partial charge on any atom is -0.361 e. The maximum absolute atomic E-state index is 12.5. The molecule has 0 N–H and O–H groups in total. The molecule has 1 aromatic heterocycles. The molecule has 0 spiro atoms. The highest BCUT2D eigenvalue weighted by Crippen LogP contribution is 2.22. The van der Waals surface area contributed by atoms with Crippen LogP contribution in [0.4, 0.5) is 0 Å². The van der Waals surface area contributed by atoms with Gasteiger partial charge in [0.1, 0.15) is 11.3 Å². The Morgan fingerprint density at radius 1 is 1.18 bits per heavy atom. The summed E-state index contributed by atoms with van der Waals surface area (Å²) in [6, 6.07) is 1.14. The van der Waals surface area contributed by atoms with Crippen LogP contribution in [-0.4, -0.2) is 77.1 Å². The molecule has 22 heavy (non-hydrogen) atoms. The number of rotatable bonds is 3. The van der Waals surface area contributed by atoms with E-state index in [1.807, 2.05) is 11.8 Å². The molecule has 3 rings (SSSR count). The van der Waals surface area contributed by atoms with Gasteiger partial charge in [0, 0.05) is 51.4 Å². The maximum Gasteiger partial charge on any atom is 0.259 e. The minimum atomic E-state index is 0.0633. The minimum absolute atomic E-state index is 0.0633. The number of aryl methyl sites for hydroxylation is 2. The molecule has 0 bridgehead atoms. The van der Waals surface area contributed by atoms with Gasteiger partial charge in [0.25, 0.3) is 5.91 Å². The number of aromatic nitrogens is 1. The first-order valence-electron chi connectivity index (χ1n) is 8.17. The molecule has 122 valence electrons. The Bertz CT molecular complexity index is 521. The van der Waals surface area contributed by atoms with Crippen LogP contribution in [-0.2, 0) is 0 Å². The van der Waals surface area contributed by atoms with E-state index < -0.39 is 0 Å². The fraction of sp³-hybridized carbons (Fsp3) is 0.750. The first kappa shape index (κ1) is 15.5. The predicted molar refractivity (Wildman–Crippen MR) is 84.0 cm³/mol. The molecule has 2 aliphatic heterocycles. The molecule has 0 unspecified atom stereocenters. The van der Waals surface area contributed by atoms with Crippen LogP contribution in [0.25, 0.3) is 0 Å². The average Bonchev–Trinajstić information content (AvgIpc) is 2.77. The molecule has 1 aromatic rings. The summed E-state index contributed by atoms with van der Waals surface area (Å²) >= 11 is 0. The van der Waals surface area contributed by atoms with Crippen molar-refractivity contribution in [1.82, 2.24) is 19.9 Å². The van der Waals surface area contributed by atoms with E-state index in [-0.39, 0.29) is 5.91 Å². The summed E-state index contributed by atoms with van der Waals surface area (Å²) in [5.74, 6) is 0.685. The number of carbonyl (C=O) groups excluding carboxylic acids is 1. The van der Waals surface area contributed by atoms with Gasteiger partial charge in [0.05, 0.1) is 5.69 Å². The van der Waals surface area contributed by atoms with Crippen LogP contribution in [0.2, 0.25) is 0 Å². The normalized spacial score (nSPS) is 21.4. The first-order valence-corrected chi connectivity index (χ1v) is 8.17. The number of nitrogens with zero attached hydrogens (tertiary/aromatic N) is 4. The van der Waals surface area contributed by atoms with Crippen molar-refractivity contribution in [2.75, 3.05) is 39.3 Å². The van der Waals surface area contributed by atoms with Gasteiger partial charge in [-0.25, -0.2) is 0 Å². The van der Waals surface area contributed by atoms with Crippen LogP contribution < -0.4 is 0 Å². The van der Waals surface area contributed by atoms with Gasteiger partial charge in [-0.05, 0) is 27.7 Å². The van der Waals surface area contributed by atoms with E-state index >= 15 is 0 Å². The summed E-state index contributed by atoms with van der Waals surface area (Å²) in [6.07, 6.45) is 0. The molecule has 0 saturated carbocycles. The van der Waals surface area contributed by atoms with Crippen molar-refractivity contribution < 1.29 is 9.32 Å². The molecule has 6 nitrogen and oxygen atoms in total. The Kier molecular flexibility index (Phi) is 4.23. The van der Waals surface area contributed by atoms with Gasteiger partial charge in [0.2, 0.25) is 0 Å². The van der Waals surface area contributed by atoms with E-state index in [2.05, 4.69) is 28.8 Å². The highest BCUT2D eigenvalue weighted by atomic mass is 16.5. The molecule has 6 heteroatoms. The maximum atomic E-state index is 12.5.